The Morgan fingerprint density at radius 2 is 0.882 bits per heavy atom. The molecule has 102 heavy (non-hydrogen) atoms. The van der Waals surface area contributed by atoms with Gasteiger partial charge in [-0.05, 0) is 85.6 Å². The van der Waals surface area contributed by atoms with Crippen molar-refractivity contribution in [1.29, 1.82) is 0 Å². The number of hydrogen-bond acceptors (Lipinski definition) is 28. The molecule has 4 heterocycles. The number of carbonyl (C=O) groups excluding carboxylic acids is 6. The van der Waals surface area contributed by atoms with E-state index in [1.54, 1.807) is 36.4 Å². The number of fused-ring (bicyclic) bond motifs is 4. The molecule has 40 heteroatoms. The minimum atomic E-state index is -1.33. The highest BCUT2D eigenvalue weighted by Gasteiger charge is 2.39. The van der Waals surface area contributed by atoms with Crippen LogP contribution in [0, 0.1) is 0 Å². The van der Waals surface area contributed by atoms with Crippen LogP contribution in [0.4, 0.5) is 57.7 Å². The number of anilines is 10. The smallest absolute Gasteiger partial charge is 0.326 e. The molecule has 0 spiro atoms. The zero-order valence-corrected chi connectivity index (χ0v) is 55.6. The Balaban J connectivity index is 0.000000273. The van der Waals surface area contributed by atoms with Gasteiger partial charge in [0.2, 0.25) is 36.3 Å². The number of nitrogens with zero attached hydrogens (tertiary/aromatic N) is 4. The van der Waals surface area contributed by atoms with E-state index in [4.69, 9.17) is 31.9 Å². The van der Waals surface area contributed by atoms with Gasteiger partial charge in [0, 0.05) is 112 Å². The fraction of sp³-hybridized carbons (Fsp3) is 0.323. The molecule has 4 aromatic carbocycles. The molecule has 1 aliphatic carbocycles. The van der Waals surface area contributed by atoms with Crippen molar-refractivity contribution in [2.24, 2.45) is 0 Å². The molecule has 2 aromatic heterocycles. The third-order valence-electron chi connectivity index (χ3n) is 15.3. The molecule has 0 radical (unpaired) electrons. The van der Waals surface area contributed by atoms with Crippen molar-refractivity contribution in [2.45, 2.75) is 49.9 Å². The van der Waals surface area contributed by atoms with Gasteiger partial charge in [-0.1, -0.05) is 0 Å². The van der Waals surface area contributed by atoms with E-state index in [0.29, 0.717) is 87.9 Å². The molecule has 548 valence electrons. The van der Waals surface area contributed by atoms with Crippen molar-refractivity contribution in [3.8, 4) is 11.5 Å². The van der Waals surface area contributed by atoms with Crippen LogP contribution in [-0.4, -0.2) is 224 Å². The number of phenolic OH excluding ortho intramolecular Hbond substituents is 2. The Morgan fingerprint density at radius 3 is 1.21 bits per heavy atom. The van der Waals surface area contributed by atoms with Crippen molar-refractivity contribution in [1.82, 2.24) is 41.2 Å². The number of H-pyrrole nitrogens is 2. The highest BCUT2D eigenvalue weighted by atomic mass is 35.5. The summed E-state index contributed by atoms with van der Waals surface area (Å²) in [6, 6.07) is 14.5. The first-order valence-electron chi connectivity index (χ1n) is 30.7. The number of nitrogens with two attached hydrogens (primary N) is 2. The topological polar surface area (TPSA) is 603 Å². The van der Waals surface area contributed by atoms with E-state index in [9.17, 15) is 78.0 Å². The van der Waals surface area contributed by atoms with Crippen molar-refractivity contribution in [3.05, 3.63) is 127 Å². The van der Waals surface area contributed by atoms with Crippen LogP contribution in [-0.2, 0) is 28.8 Å². The van der Waals surface area contributed by atoms with E-state index in [2.05, 4.69) is 73.1 Å². The number of aliphatic hydroxyl groups excluding tert-OH is 2. The maximum absolute atomic E-state index is 13.4. The molecule has 0 bridgehead atoms. The second-order valence-corrected chi connectivity index (χ2v) is 22.1. The lowest BCUT2D eigenvalue weighted by molar-refractivity contribution is -0.142. The van der Waals surface area contributed by atoms with Crippen molar-refractivity contribution < 1.29 is 88.8 Å². The van der Waals surface area contributed by atoms with Gasteiger partial charge in [0.1, 0.15) is 23.6 Å². The number of aromatic nitrogens is 4. The number of ketones is 2. The average molecular weight is 1460 g/mol. The Bertz CT molecular complexity index is 3870. The van der Waals surface area contributed by atoms with Crippen LogP contribution < -0.4 is 85.6 Å². The normalized spacial score (nSPS) is 14.2. The Labute approximate surface area is 590 Å². The Kier molecular flexibility index (Phi) is 30.5. The molecule has 2 aliphatic heterocycles. The van der Waals surface area contributed by atoms with Gasteiger partial charge in [0.15, 0.2) is 23.0 Å². The summed E-state index contributed by atoms with van der Waals surface area (Å²) in [5.41, 5.74) is 12.4. The summed E-state index contributed by atoms with van der Waals surface area (Å²) in [6.45, 7) is 3.95. The van der Waals surface area contributed by atoms with Crippen LogP contribution in [0.15, 0.2) is 82.4 Å². The third kappa shape index (κ3) is 21.1. The Morgan fingerprint density at radius 1 is 0.520 bits per heavy atom. The van der Waals surface area contributed by atoms with Gasteiger partial charge in [-0.25, -0.2) is 9.59 Å². The highest BCUT2D eigenvalue weighted by Crippen LogP contribution is 2.42. The number of carbonyl (C=O) groups is 10. The zero-order chi connectivity index (χ0) is 72.7. The molecule has 4 amide bonds. The monoisotopic (exact) mass is 1460 g/mol. The first kappa shape index (κ1) is 80.8. The van der Waals surface area contributed by atoms with E-state index < -0.39 is 95.4 Å². The van der Waals surface area contributed by atoms with Crippen LogP contribution >= 0.6 is 24.8 Å². The van der Waals surface area contributed by atoms with Gasteiger partial charge < -0.3 is 115 Å². The number of halogens is 2. The molecule has 0 fully saturated rings. The number of carboxylic acids is 4. The molecular formula is C62H76Cl2N18O20. The van der Waals surface area contributed by atoms with Gasteiger partial charge in [-0.2, -0.15) is 9.97 Å². The van der Waals surface area contributed by atoms with E-state index in [-0.39, 0.29) is 144 Å². The molecular weight excluding hydrogens is 1390 g/mol. The number of nitrogen functional groups attached to an aromatic ring is 2. The standard InChI is InChI=1S/C22H28N4O6.2C20H23N7O7.2ClH/c27-11-9-23-5-7-25-13-1-2-14(26-8-6-24-10-12-28)18-17(13)21(31)19-15(29)3-4-16(30)20(19)22(18)32;2*21-20-25-16-15(18(32)26-20)27(9-28)12(8-23-16)7-22-11-3-1-10(2-4-11)17(31)24-13(19(33)34)5-6-14(29)30;;/h1-4,23-30H,5-12H2;2*1-4,9,12-13,22H,5-8H2,(H,24,31)(H,29,30)(H,33,34)(H4,21,23,25,26,32);2*1H/t;2*12?,13-;;/m.00../s1. The average Bonchev–Trinajstić information content (AvgIpc) is 0.735. The van der Waals surface area contributed by atoms with Crippen molar-refractivity contribution in [3.63, 3.8) is 0 Å². The minimum absolute atomic E-state index is 0. The first-order chi connectivity index (χ1) is 47.9. The minimum Gasteiger partial charge on any atom is -0.507 e. The van der Waals surface area contributed by atoms with Crippen LogP contribution in [0.5, 0.6) is 11.5 Å². The second kappa shape index (κ2) is 38.5. The van der Waals surface area contributed by atoms with E-state index in [0.717, 1.165) is 0 Å². The summed E-state index contributed by atoms with van der Waals surface area (Å²) in [7, 11) is 0. The van der Waals surface area contributed by atoms with Crippen LogP contribution in [0.1, 0.15) is 78.2 Å². The van der Waals surface area contributed by atoms with Crippen LogP contribution in [0.2, 0.25) is 0 Å². The van der Waals surface area contributed by atoms with E-state index >= 15 is 0 Å². The number of nitrogens with one attached hydrogen (secondary N) is 12. The highest BCUT2D eigenvalue weighted by molar-refractivity contribution is 6.33. The summed E-state index contributed by atoms with van der Waals surface area (Å²) >= 11 is 0. The third-order valence-corrected chi connectivity index (χ3v) is 15.3. The Hall–Kier alpha value is -11.8. The number of aromatic hydroxyl groups is 2. The maximum atomic E-state index is 13.4. The number of carboxylic acid groups (broad SMARTS) is 4. The largest absolute Gasteiger partial charge is 0.507 e. The molecule has 6 aromatic rings. The summed E-state index contributed by atoms with van der Waals surface area (Å²) in [5, 5.41) is 103. The number of aromatic amines is 2. The summed E-state index contributed by atoms with van der Waals surface area (Å²) in [5.74, 6) is -7.87. The molecule has 4 atom stereocenters. The van der Waals surface area contributed by atoms with Crippen LogP contribution in [0.3, 0.4) is 0 Å². The summed E-state index contributed by atoms with van der Waals surface area (Å²) in [4.78, 5) is 158. The number of benzene rings is 4. The van der Waals surface area contributed by atoms with Gasteiger partial charge in [0.05, 0.1) is 47.6 Å². The lowest BCUT2D eigenvalue weighted by atomic mass is 9.81. The summed E-state index contributed by atoms with van der Waals surface area (Å²) in [6.07, 6.45) is -0.202. The predicted octanol–water partition coefficient (Wildman–Crippen LogP) is -0.758. The number of rotatable bonds is 32. The van der Waals surface area contributed by atoms with Gasteiger partial charge >= 0.3 is 23.9 Å². The number of hydrogen-bond donors (Lipinski definition) is 22. The summed E-state index contributed by atoms with van der Waals surface area (Å²) < 4.78 is 0. The van der Waals surface area contributed by atoms with Crippen molar-refractivity contribution >= 4 is 143 Å². The lowest BCUT2D eigenvalue weighted by Crippen LogP contribution is -2.50. The fourth-order valence-corrected chi connectivity index (χ4v) is 10.4. The van der Waals surface area contributed by atoms with Crippen LogP contribution in [0.25, 0.3) is 0 Å². The predicted molar refractivity (Wildman–Crippen MR) is 376 cm³/mol. The quantitative estimate of drug-likeness (QED) is 0.0140. The molecule has 38 nitrogen and oxygen atoms in total. The molecule has 2 unspecified atom stereocenters. The van der Waals surface area contributed by atoms with Gasteiger partial charge in [0.25, 0.3) is 22.9 Å². The van der Waals surface area contributed by atoms with E-state index in [1.165, 1.54) is 46.2 Å². The molecule has 0 saturated heterocycles. The maximum Gasteiger partial charge on any atom is 0.326 e. The number of aliphatic hydroxyl groups is 2. The second-order valence-electron chi connectivity index (χ2n) is 22.1. The van der Waals surface area contributed by atoms with Gasteiger partial charge in [-0.15, -0.1) is 24.8 Å². The SMILES string of the molecule is Cl.Cl.Nc1nc2c(c(=O)[nH]1)N(C=O)C(CNc1ccc(C(=O)N[C@@H](CCC(=O)O)C(=O)O)cc1)CN2.Nc1nc2c(c(=O)[nH]1)N(C=O)C(CNc1ccc(C(=O)N[C@@H](CCC(=O)O)C(=O)O)cc1)CN2.O=C1c2c(O)ccc(O)c2C(=O)c2c(NCCNCCO)ccc(NCCNCCO)c21. The first-order valence-corrected chi connectivity index (χ1v) is 30.7. The number of amides is 4. The number of phenols is 2. The molecule has 24 N–H and O–H groups in total. The molecule has 9 rings (SSSR count). The molecule has 3 aliphatic rings. The zero-order valence-electron chi connectivity index (χ0n) is 53.9. The van der Waals surface area contributed by atoms with Crippen molar-refractivity contribution in [2.75, 3.05) is 132 Å². The molecule has 0 saturated carbocycles. The lowest BCUT2D eigenvalue weighted by Gasteiger charge is -2.34. The number of aliphatic carboxylic acids is 4. The van der Waals surface area contributed by atoms with E-state index in [1.807, 2.05) is 0 Å². The van der Waals surface area contributed by atoms with Gasteiger partial charge in [-0.3, -0.25) is 57.9 Å². The fourth-order valence-electron chi connectivity index (χ4n) is 10.4.